The van der Waals surface area contributed by atoms with Gasteiger partial charge in [-0.15, -0.1) is 24.0 Å². The third-order valence-corrected chi connectivity index (χ3v) is 5.42. The molecule has 0 radical (unpaired) electrons. The van der Waals surface area contributed by atoms with Crippen molar-refractivity contribution in [2.45, 2.75) is 24.2 Å². The molecule has 2 heterocycles. The summed E-state index contributed by atoms with van der Waals surface area (Å²) in [5.41, 5.74) is 1.40. The number of hydrogen-bond donors (Lipinski definition) is 1. The maximum absolute atomic E-state index is 12.4. The van der Waals surface area contributed by atoms with E-state index >= 15 is 0 Å². The Hall–Kier alpha value is -1.26. The first-order chi connectivity index (χ1) is 10.2. The molecule has 0 spiro atoms. The van der Waals surface area contributed by atoms with E-state index in [1.807, 2.05) is 16.3 Å². The van der Waals surface area contributed by atoms with Crippen LogP contribution in [0.3, 0.4) is 0 Å². The highest BCUT2D eigenvalue weighted by atomic mass is 32.1. The minimum atomic E-state index is 0.165. The Labute approximate surface area is 135 Å². The van der Waals surface area contributed by atoms with Crippen LogP contribution >= 0.6 is 24.0 Å². The molecule has 1 aromatic carbocycles. The van der Waals surface area contributed by atoms with E-state index in [-0.39, 0.29) is 5.91 Å². The summed E-state index contributed by atoms with van der Waals surface area (Å²) in [6.07, 6.45) is 3.32. The Kier molecular flexibility index (Phi) is 4.66. The molecular formula is C17H19NOS2. The summed E-state index contributed by atoms with van der Waals surface area (Å²) in [5.74, 6) is 0.860. The minimum absolute atomic E-state index is 0.165. The smallest absolute Gasteiger partial charge is 0.263 e. The van der Waals surface area contributed by atoms with Crippen molar-refractivity contribution in [1.82, 2.24) is 4.90 Å². The average Bonchev–Trinajstić information content (AvgIpc) is 2.95. The molecule has 1 aliphatic heterocycles. The van der Waals surface area contributed by atoms with E-state index < -0.39 is 0 Å². The van der Waals surface area contributed by atoms with Gasteiger partial charge < -0.3 is 4.90 Å². The van der Waals surface area contributed by atoms with Crippen LogP contribution in [0, 0.1) is 5.92 Å². The van der Waals surface area contributed by atoms with Gasteiger partial charge in [-0.3, -0.25) is 4.79 Å². The first kappa shape index (κ1) is 14.7. The number of thiophene rings is 1. The summed E-state index contributed by atoms with van der Waals surface area (Å²) in [5, 5.41) is 1.92. The second-order valence-corrected chi connectivity index (χ2v) is 7.02. The number of piperidine rings is 1. The Balaban J connectivity index is 1.54. The van der Waals surface area contributed by atoms with Crippen molar-refractivity contribution in [1.29, 1.82) is 0 Å². The standard InChI is InChI=1S/C17H19NOS2/c19-17(16-11-15(20)12-21-16)18-8-6-14(7-9-18)10-13-4-2-1-3-5-13/h1-5,11-12,14,20H,6-10H2. The first-order valence-electron chi connectivity index (χ1n) is 7.33. The fraction of sp³-hybridized carbons (Fsp3) is 0.353. The molecule has 1 amide bonds. The van der Waals surface area contributed by atoms with Crippen molar-refractivity contribution in [2.75, 3.05) is 13.1 Å². The second-order valence-electron chi connectivity index (χ2n) is 5.59. The van der Waals surface area contributed by atoms with Gasteiger partial charge in [0.1, 0.15) is 0 Å². The normalized spacial score (nSPS) is 16.1. The molecule has 0 N–H and O–H groups in total. The molecule has 21 heavy (non-hydrogen) atoms. The number of nitrogens with zero attached hydrogens (tertiary/aromatic N) is 1. The van der Waals surface area contributed by atoms with Gasteiger partial charge in [0.05, 0.1) is 4.88 Å². The molecule has 1 aliphatic rings. The molecule has 0 bridgehead atoms. The summed E-state index contributed by atoms with van der Waals surface area (Å²) in [4.78, 5) is 16.1. The summed E-state index contributed by atoms with van der Waals surface area (Å²) in [7, 11) is 0. The molecule has 0 aliphatic carbocycles. The van der Waals surface area contributed by atoms with Crippen molar-refractivity contribution in [2.24, 2.45) is 5.92 Å². The van der Waals surface area contributed by atoms with E-state index in [1.165, 1.54) is 16.9 Å². The number of benzene rings is 1. The molecule has 2 aromatic rings. The average molecular weight is 317 g/mol. The largest absolute Gasteiger partial charge is 0.338 e. The van der Waals surface area contributed by atoms with Crippen molar-refractivity contribution in [3.63, 3.8) is 0 Å². The number of carbonyl (C=O) groups excluding carboxylic acids is 1. The van der Waals surface area contributed by atoms with Crippen LogP contribution in [0.1, 0.15) is 28.1 Å². The fourth-order valence-corrected chi connectivity index (χ4v) is 4.00. The summed E-state index contributed by atoms with van der Waals surface area (Å²) >= 11 is 5.76. The molecule has 110 valence electrons. The molecule has 1 aromatic heterocycles. The number of carbonyl (C=O) groups is 1. The van der Waals surface area contributed by atoms with E-state index in [1.54, 1.807) is 0 Å². The number of likely N-dealkylation sites (tertiary alicyclic amines) is 1. The van der Waals surface area contributed by atoms with Gasteiger partial charge in [-0.2, -0.15) is 0 Å². The Morgan fingerprint density at radius 1 is 1.24 bits per heavy atom. The predicted octanol–water partition coefficient (Wildman–Crippen LogP) is 4.13. The van der Waals surface area contributed by atoms with E-state index in [0.29, 0.717) is 5.92 Å². The van der Waals surface area contributed by atoms with Gasteiger partial charge in [-0.25, -0.2) is 0 Å². The molecular weight excluding hydrogens is 298 g/mol. The van der Waals surface area contributed by atoms with E-state index in [4.69, 9.17) is 0 Å². The maximum Gasteiger partial charge on any atom is 0.263 e. The van der Waals surface area contributed by atoms with Gasteiger partial charge in [-0.1, -0.05) is 30.3 Å². The first-order valence-corrected chi connectivity index (χ1v) is 8.66. The number of hydrogen-bond acceptors (Lipinski definition) is 3. The SMILES string of the molecule is O=C(c1cc(S)cs1)N1CCC(Cc2ccccc2)CC1. The lowest BCUT2D eigenvalue weighted by Gasteiger charge is -2.31. The van der Waals surface area contributed by atoms with E-state index in [2.05, 4.69) is 43.0 Å². The lowest BCUT2D eigenvalue weighted by atomic mass is 9.90. The third-order valence-electron chi connectivity index (χ3n) is 4.07. The van der Waals surface area contributed by atoms with Crippen LogP contribution in [-0.4, -0.2) is 23.9 Å². The van der Waals surface area contributed by atoms with Crippen LogP contribution in [0.5, 0.6) is 0 Å². The second kappa shape index (κ2) is 6.67. The monoisotopic (exact) mass is 317 g/mol. The van der Waals surface area contributed by atoms with Crippen LogP contribution < -0.4 is 0 Å². The summed E-state index contributed by atoms with van der Waals surface area (Å²) < 4.78 is 0. The molecule has 0 atom stereocenters. The third kappa shape index (κ3) is 3.69. The van der Waals surface area contributed by atoms with Gasteiger partial charge in [-0.05, 0) is 36.8 Å². The lowest BCUT2D eigenvalue weighted by Crippen LogP contribution is -2.38. The lowest BCUT2D eigenvalue weighted by molar-refractivity contribution is 0.0695. The van der Waals surface area contributed by atoms with Crippen LogP contribution in [0.15, 0.2) is 46.7 Å². The van der Waals surface area contributed by atoms with Gasteiger partial charge >= 0.3 is 0 Å². The van der Waals surface area contributed by atoms with Crippen LogP contribution in [0.4, 0.5) is 0 Å². The van der Waals surface area contributed by atoms with Crippen molar-refractivity contribution in [3.05, 3.63) is 52.2 Å². The molecule has 0 unspecified atom stereocenters. The molecule has 3 rings (SSSR count). The highest BCUT2D eigenvalue weighted by Crippen LogP contribution is 2.25. The van der Waals surface area contributed by atoms with Crippen molar-refractivity contribution >= 4 is 29.9 Å². The molecule has 2 nitrogen and oxygen atoms in total. The van der Waals surface area contributed by atoms with Gasteiger partial charge in [0.2, 0.25) is 0 Å². The zero-order valence-corrected chi connectivity index (χ0v) is 13.6. The molecule has 1 fully saturated rings. The number of thiol groups is 1. The molecule has 0 saturated carbocycles. The highest BCUT2D eigenvalue weighted by Gasteiger charge is 2.24. The van der Waals surface area contributed by atoms with Crippen molar-refractivity contribution < 1.29 is 4.79 Å². The molecule has 4 heteroatoms. The number of rotatable bonds is 3. The number of amides is 1. The Bertz CT molecular complexity index is 600. The van der Waals surface area contributed by atoms with Gasteiger partial charge in [0, 0.05) is 23.4 Å². The topological polar surface area (TPSA) is 20.3 Å². The zero-order chi connectivity index (χ0) is 14.7. The zero-order valence-electron chi connectivity index (χ0n) is 11.9. The Morgan fingerprint density at radius 2 is 1.95 bits per heavy atom. The van der Waals surface area contributed by atoms with Crippen molar-refractivity contribution in [3.8, 4) is 0 Å². The van der Waals surface area contributed by atoms with Gasteiger partial charge in [0.25, 0.3) is 5.91 Å². The summed E-state index contributed by atoms with van der Waals surface area (Å²) in [6, 6.07) is 12.5. The van der Waals surface area contributed by atoms with E-state index in [9.17, 15) is 4.79 Å². The minimum Gasteiger partial charge on any atom is -0.338 e. The molecule has 1 saturated heterocycles. The van der Waals surface area contributed by atoms with Crippen LogP contribution in [0.2, 0.25) is 0 Å². The van der Waals surface area contributed by atoms with Crippen LogP contribution in [-0.2, 0) is 6.42 Å². The summed E-state index contributed by atoms with van der Waals surface area (Å²) in [6.45, 7) is 1.74. The highest BCUT2D eigenvalue weighted by molar-refractivity contribution is 7.80. The Morgan fingerprint density at radius 3 is 2.57 bits per heavy atom. The van der Waals surface area contributed by atoms with Crippen LogP contribution in [0.25, 0.3) is 0 Å². The predicted molar refractivity (Wildman–Crippen MR) is 90.3 cm³/mol. The quantitative estimate of drug-likeness (QED) is 0.844. The van der Waals surface area contributed by atoms with E-state index in [0.717, 1.165) is 42.1 Å². The fourth-order valence-electron chi connectivity index (χ4n) is 2.88. The maximum atomic E-state index is 12.4. The van der Waals surface area contributed by atoms with Gasteiger partial charge in [0.15, 0.2) is 0 Å².